The number of amides is 1. The number of nitrogens with one attached hydrogen (secondary N) is 1. The lowest BCUT2D eigenvalue weighted by atomic mass is 10.1. The van der Waals surface area contributed by atoms with Gasteiger partial charge in [-0.15, -0.1) is 0 Å². The van der Waals surface area contributed by atoms with Gasteiger partial charge in [0.25, 0.3) is 5.69 Å². The van der Waals surface area contributed by atoms with E-state index in [1.165, 1.54) is 36.8 Å². The predicted octanol–water partition coefficient (Wildman–Crippen LogP) is 4.78. The first-order valence-corrected chi connectivity index (χ1v) is 13.9. The maximum atomic E-state index is 12.1. The minimum atomic E-state index is -0.970. The van der Waals surface area contributed by atoms with Crippen molar-refractivity contribution in [1.29, 1.82) is 0 Å². The van der Waals surface area contributed by atoms with Gasteiger partial charge in [0.15, 0.2) is 6.10 Å². The summed E-state index contributed by atoms with van der Waals surface area (Å²) in [6.07, 6.45) is 0.626. The van der Waals surface area contributed by atoms with Gasteiger partial charge in [-0.25, -0.2) is 19.2 Å². The number of rotatable bonds is 14. The Hall–Kier alpha value is -3.24. The van der Waals surface area contributed by atoms with Crippen molar-refractivity contribution in [2.75, 3.05) is 38.9 Å². The smallest absolute Gasteiger partial charge is 0.453 e. The van der Waals surface area contributed by atoms with E-state index in [1.807, 2.05) is 0 Å². The van der Waals surface area contributed by atoms with Crippen molar-refractivity contribution < 1.29 is 52.5 Å². The monoisotopic (exact) mass is 592 g/mol. The lowest BCUT2D eigenvalue weighted by Crippen LogP contribution is -2.41. The van der Waals surface area contributed by atoms with Crippen molar-refractivity contribution in [2.45, 2.75) is 44.9 Å². The van der Waals surface area contributed by atoms with Gasteiger partial charge >= 0.3 is 22.9 Å². The van der Waals surface area contributed by atoms with E-state index < -0.39 is 45.5 Å². The Bertz CT molecular complexity index is 974. The van der Waals surface area contributed by atoms with Crippen LogP contribution in [0.5, 0.6) is 5.75 Å². The minimum absolute atomic E-state index is 0.0278. The number of non-ortho nitro benzene ring substituents is 1. The molecular formula is C23H32N2O12S2. The number of nitrogens with zero attached hydrogens (tertiary/aromatic N) is 1. The minimum Gasteiger partial charge on any atom is -0.453 e. The highest BCUT2D eigenvalue weighted by Gasteiger charge is 2.23. The highest BCUT2D eigenvalue weighted by molar-refractivity contribution is 8.12. The Labute approximate surface area is 233 Å². The lowest BCUT2D eigenvalue weighted by Gasteiger charge is -2.27. The molecule has 1 N–H and O–H groups in total. The molecule has 0 aliphatic carbocycles. The summed E-state index contributed by atoms with van der Waals surface area (Å²) in [5.74, 6) is 0.0996. The van der Waals surface area contributed by atoms with E-state index in [9.17, 15) is 29.3 Å². The fourth-order valence-corrected chi connectivity index (χ4v) is 2.96. The Morgan fingerprint density at radius 1 is 0.974 bits per heavy atom. The van der Waals surface area contributed by atoms with Crippen LogP contribution in [-0.4, -0.2) is 84.5 Å². The van der Waals surface area contributed by atoms with Crippen molar-refractivity contribution in [2.24, 2.45) is 0 Å². The molecule has 0 aromatic heterocycles. The van der Waals surface area contributed by atoms with Crippen molar-refractivity contribution in [3.8, 4) is 5.75 Å². The van der Waals surface area contributed by atoms with Gasteiger partial charge in [0.05, 0.1) is 29.8 Å². The third-order valence-corrected chi connectivity index (χ3v) is 5.53. The molecule has 218 valence electrons. The van der Waals surface area contributed by atoms with Crippen LogP contribution < -0.4 is 10.1 Å². The largest absolute Gasteiger partial charge is 0.513 e. The fraction of sp³-hybridized carbons (Fsp3) is 0.565. The van der Waals surface area contributed by atoms with Crippen molar-refractivity contribution in [3.63, 3.8) is 0 Å². The first kappa shape index (κ1) is 33.8. The predicted molar refractivity (Wildman–Crippen MR) is 142 cm³/mol. The van der Waals surface area contributed by atoms with Crippen molar-refractivity contribution >= 4 is 52.1 Å². The van der Waals surface area contributed by atoms with Gasteiger partial charge in [0.2, 0.25) is 0 Å². The van der Waals surface area contributed by atoms with Crippen LogP contribution in [-0.2, 0) is 23.7 Å². The molecule has 0 radical (unpaired) electrons. The zero-order valence-corrected chi connectivity index (χ0v) is 23.8. The van der Waals surface area contributed by atoms with Gasteiger partial charge < -0.3 is 33.7 Å². The number of carbonyl (C=O) groups excluding carboxylic acids is 4. The van der Waals surface area contributed by atoms with Gasteiger partial charge in [-0.2, -0.15) is 0 Å². The van der Waals surface area contributed by atoms with Crippen LogP contribution in [0.4, 0.5) is 24.9 Å². The number of benzene rings is 1. The number of carbonyl (C=O) groups is 4. The SMILES string of the molecule is CSC(=O)OCC(COC(=O)NC(C)COC(C)(C)CCOC(=O)Oc1ccc([N+](=O)[O-])cc1)OC(=O)SC. The second-order valence-electron chi connectivity index (χ2n) is 8.38. The number of thioether (sulfide) groups is 2. The molecule has 0 saturated heterocycles. The van der Waals surface area contributed by atoms with Crippen LogP contribution in [0, 0.1) is 10.1 Å². The molecule has 0 aliphatic rings. The summed E-state index contributed by atoms with van der Waals surface area (Å²) in [6.45, 7) is 4.70. The van der Waals surface area contributed by atoms with E-state index in [4.69, 9.17) is 28.4 Å². The number of ether oxygens (including phenoxy) is 6. The summed E-state index contributed by atoms with van der Waals surface area (Å²) in [5, 5.41) is 12.1. The molecule has 0 bridgehead atoms. The Balaban J connectivity index is 2.36. The van der Waals surface area contributed by atoms with E-state index in [1.54, 1.807) is 20.8 Å². The Kier molecular flexibility index (Phi) is 15.0. The van der Waals surface area contributed by atoms with Gasteiger partial charge in [0.1, 0.15) is 19.0 Å². The Morgan fingerprint density at radius 3 is 2.18 bits per heavy atom. The second kappa shape index (κ2) is 17.4. The molecule has 0 saturated carbocycles. The molecule has 0 spiro atoms. The van der Waals surface area contributed by atoms with E-state index in [0.29, 0.717) is 6.42 Å². The number of hydrogen-bond donors (Lipinski definition) is 1. The van der Waals surface area contributed by atoms with Gasteiger partial charge in [0, 0.05) is 18.6 Å². The number of hydrogen-bond acceptors (Lipinski definition) is 14. The molecule has 2 unspecified atom stereocenters. The normalized spacial score (nSPS) is 12.4. The van der Waals surface area contributed by atoms with Crippen LogP contribution in [0.3, 0.4) is 0 Å². The van der Waals surface area contributed by atoms with E-state index in [0.717, 1.165) is 23.5 Å². The zero-order chi connectivity index (χ0) is 29.4. The molecule has 39 heavy (non-hydrogen) atoms. The second-order valence-corrected chi connectivity index (χ2v) is 9.86. The van der Waals surface area contributed by atoms with E-state index >= 15 is 0 Å². The molecule has 1 aromatic rings. The summed E-state index contributed by atoms with van der Waals surface area (Å²) in [4.78, 5) is 56.9. The van der Waals surface area contributed by atoms with Crippen LogP contribution in [0.25, 0.3) is 0 Å². The van der Waals surface area contributed by atoms with Gasteiger partial charge in [-0.3, -0.25) is 10.1 Å². The third-order valence-electron chi connectivity index (χ3n) is 4.64. The summed E-state index contributed by atoms with van der Waals surface area (Å²) < 4.78 is 30.9. The zero-order valence-electron chi connectivity index (χ0n) is 22.2. The third kappa shape index (κ3) is 15.1. The maximum Gasteiger partial charge on any atom is 0.513 e. The summed E-state index contributed by atoms with van der Waals surface area (Å²) in [7, 11) is 0. The first-order chi connectivity index (χ1) is 18.3. The van der Waals surface area contributed by atoms with Gasteiger partial charge in [-0.1, -0.05) is 0 Å². The molecular weight excluding hydrogens is 560 g/mol. The van der Waals surface area contributed by atoms with Crippen molar-refractivity contribution in [3.05, 3.63) is 34.4 Å². The molecule has 0 aliphatic heterocycles. The summed E-state index contributed by atoms with van der Waals surface area (Å²) in [5.41, 5.74) is -0.868. The number of nitro benzene ring substituents is 1. The summed E-state index contributed by atoms with van der Waals surface area (Å²) >= 11 is 1.67. The molecule has 1 amide bonds. The lowest BCUT2D eigenvalue weighted by molar-refractivity contribution is -0.384. The molecule has 14 nitrogen and oxygen atoms in total. The Morgan fingerprint density at radius 2 is 1.59 bits per heavy atom. The van der Waals surface area contributed by atoms with Crippen LogP contribution in [0.1, 0.15) is 27.2 Å². The van der Waals surface area contributed by atoms with Gasteiger partial charge in [-0.05, 0) is 68.9 Å². The molecule has 16 heteroatoms. The van der Waals surface area contributed by atoms with Crippen LogP contribution in [0.15, 0.2) is 24.3 Å². The summed E-state index contributed by atoms with van der Waals surface area (Å²) in [6, 6.07) is 4.50. The molecule has 0 fully saturated rings. The molecule has 1 rings (SSSR count). The van der Waals surface area contributed by atoms with E-state index in [-0.39, 0.29) is 37.9 Å². The van der Waals surface area contributed by atoms with E-state index in [2.05, 4.69) is 5.32 Å². The van der Waals surface area contributed by atoms with Crippen LogP contribution in [0.2, 0.25) is 0 Å². The average molecular weight is 593 g/mol. The quantitative estimate of drug-likeness (QED) is 0.102. The molecule has 1 aromatic carbocycles. The average Bonchev–Trinajstić information content (AvgIpc) is 2.88. The number of nitro groups is 1. The van der Waals surface area contributed by atoms with Crippen LogP contribution >= 0.6 is 23.5 Å². The topological polar surface area (TPSA) is 179 Å². The number of alkyl carbamates (subject to hydrolysis) is 1. The molecule has 2 atom stereocenters. The highest BCUT2D eigenvalue weighted by atomic mass is 32.2. The fourth-order valence-electron chi connectivity index (χ4n) is 2.54. The first-order valence-electron chi connectivity index (χ1n) is 11.5. The highest BCUT2D eigenvalue weighted by Crippen LogP contribution is 2.19. The molecule has 0 heterocycles. The van der Waals surface area contributed by atoms with Crippen molar-refractivity contribution in [1.82, 2.24) is 5.32 Å². The standard InChI is InChI=1S/C23H32N2O12S2/c1-15(24-19(26)33-13-18(37-22(29)39-5)14-34-21(28)38-4)12-35-23(2,3)10-11-32-20(27)36-17-8-6-16(7-9-17)25(30)31/h6-9,15,18H,10-14H2,1-5H3,(H,24,26). The maximum absolute atomic E-state index is 12.1.